The number of piperidine rings is 1. The number of rotatable bonds is 5. The van der Waals surface area contributed by atoms with Crippen molar-refractivity contribution in [3.63, 3.8) is 0 Å². The van der Waals surface area contributed by atoms with Gasteiger partial charge in [-0.25, -0.2) is 9.37 Å². The quantitative estimate of drug-likeness (QED) is 0.735. The zero-order valence-electron chi connectivity index (χ0n) is 14.7. The van der Waals surface area contributed by atoms with Crippen LogP contribution in [0.25, 0.3) is 22.2 Å². The van der Waals surface area contributed by atoms with Gasteiger partial charge in [-0.15, -0.1) is 0 Å². The summed E-state index contributed by atoms with van der Waals surface area (Å²) in [6.07, 6.45) is 5.43. The molecular formula is C21H24FN3O. The zero-order valence-corrected chi connectivity index (χ0v) is 14.7. The first-order chi connectivity index (χ1) is 12.7. The summed E-state index contributed by atoms with van der Waals surface area (Å²) in [5.41, 5.74) is 3.81. The smallest absolute Gasteiger partial charge is 0.123 e. The maximum absolute atomic E-state index is 13.7. The Labute approximate surface area is 152 Å². The van der Waals surface area contributed by atoms with Crippen molar-refractivity contribution in [2.45, 2.75) is 44.4 Å². The number of para-hydroxylation sites is 1. The Morgan fingerprint density at radius 2 is 2.12 bits per heavy atom. The zero-order chi connectivity index (χ0) is 17.9. The summed E-state index contributed by atoms with van der Waals surface area (Å²) < 4.78 is 15.8. The Balaban J connectivity index is 1.56. The van der Waals surface area contributed by atoms with Crippen molar-refractivity contribution in [3.8, 4) is 11.1 Å². The largest absolute Gasteiger partial charge is 0.392 e. The van der Waals surface area contributed by atoms with E-state index in [2.05, 4.69) is 14.9 Å². The molecule has 0 amide bonds. The molecule has 1 aliphatic rings. The SMILES string of the molecule is OC1CCCNC1CCCn1cnc2cccc(-c3cccc(F)c3)c21. The molecule has 0 saturated carbocycles. The number of aliphatic hydroxyl groups is 1. The van der Waals surface area contributed by atoms with Gasteiger partial charge in [0.25, 0.3) is 0 Å². The lowest BCUT2D eigenvalue weighted by Crippen LogP contribution is -2.44. The Bertz CT molecular complexity index is 892. The van der Waals surface area contributed by atoms with E-state index in [1.54, 1.807) is 12.1 Å². The Hall–Kier alpha value is -2.24. The Morgan fingerprint density at radius 3 is 2.96 bits per heavy atom. The number of nitrogens with zero attached hydrogens (tertiary/aromatic N) is 2. The second-order valence-electron chi connectivity index (χ2n) is 7.03. The summed E-state index contributed by atoms with van der Waals surface area (Å²) in [7, 11) is 0. The summed E-state index contributed by atoms with van der Waals surface area (Å²) in [5, 5.41) is 13.5. The first-order valence-electron chi connectivity index (χ1n) is 9.33. The molecule has 0 radical (unpaired) electrons. The fraction of sp³-hybridized carbons (Fsp3) is 0.381. The first-order valence-corrected chi connectivity index (χ1v) is 9.33. The number of fused-ring (bicyclic) bond motifs is 1. The molecule has 2 N–H and O–H groups in total. The molecule has 0 bridgehead atoms. The normalized spacial score (nSPS) is 20.5. The molecule has 2 aromatic carbocycles. The van der Waals surface area contributed by atoms with Crippen molar-refractivity contribution in [3.05, 3.63) is 54.6 Å². The Kier molecular flexibility index (Phi) is 5.00. The minimum atomic E-state index is -0.244. The van der Waals surface area contributed by atoms with Gasteiger partial charge in [0.1, 0.15) is 5.82 Å². The second kappa shape index (κ2) is 7.56. The lowest BCUT2D eigenvalue weighted by molar-refractivity contribution is 0.0909. The molecule has 4 rings (SSSR count). The van der Waals surface area contributed by atoms with E-state index in [0.29, 0.717) is 0 Å². The van der Waals surface area contributed by atoms with E-state index >= 15 is 0 Å². The third-order valence-electron chi connectivity index (χ3n) is 5.24. The molecule has 1 saturated heterocycles. The third-order valence-corrected chi connectivity index (χ3v) is 5.24. The number of aromatic nitrogens is 2. The highest BCUT2D eigenvalue weighted by atomic mass is 19.1. The molecule has 1 fully saturated rings. The second-order valence-corrected chi connectivity index (χ2v) is 7.03. The number of nitrogens with one attached hydrogen (secondary N) is 1. The minimum absolute atomic E-state index is 0.182. The van der Waals surface area contributed by atoms with Gasteiger partial charge >= 0.3 is 0 Å². The van der Waals surface area contributed by atoms with Crippen molar-refractivity contribution in [2.24, 2.45) is 0 Å². The summed E-state index contributed by atoms with van der Waals surface area (Å²) in [4.78, 5) is 4.51. The van der Waals surface area contributed by atoms with E-state index in [9.17, 15) is 9.50 Å². The third kappa shape index (κ3) is 3.50. The van der Waals surface area contributed by atoms with E-state index < -0.39 is 0 Å². The van der Waals surface area contributed by atoms with Crippen LogP contribution in [0.2, 0.25) is 0 Å². The van der Waals surface area contributed by atoms with Gasteiger partial charge in [-0.2, -0.15) is 0 Å². The highest BCUT2D eigenvalue weighted by molar-refractivity contribution is 5.92. The van der Waals surface area contributed by atoms with Gasteiger partial charge in [0.15, 0.2) is 0 Å². The molecule has 0 aliphatic carbocycles. The van der Waals surface area contributed by atoms with Crippen LogP contribution in [0.4, 0.5) is 4.39 Å². The van der Waals surface area contributed by atoms with Crippen LogP contribution >= 0.6 is 0 Å². The first kappa shape index (κ1) is 17.2. The topological polar surface area (TPSA) is 50.1 Å². The van der Waals surface area contributed by atoms with Gasteiger partial charge in [0.2, 0.25) is 0 Å². The van der Waals surface area contributed by atoms with Crippen molar-refractivity contribution < 1.29 is 9.50 Å². The fourth-order valence-electron chi connectivity index (χ4n) is 3.90. The monoisotopic (exact) mass is 353 g/mol. The average Bonchev–Trinajstić information content (AvgIpc) is 3.07. The van der Waals surface area contributed by atoms with Gasteiger partial charge < -0.3 is 15.0 Å². The molecule has 26 heavy (non-hydrogen) atoms. The van der Waals surface area contributed by atoms with Crippen LogP contribution in [0.5, 0.6) is 0 Å². The summed E-state index contributed by atoms with van der Waals surface area (Å²) in [6, 6.07) is 12.8. The van der Waals surface area contributed by atoms with Crippen molar-refractivity contribution in [1.29, 1.82) is 0 Å². The van der Waals surface area contributed by atoms with Crippen LogP contribution in [0.1, 0.15) is 25.7 Å². The van der Waals surface area contributed by atoms with Crippen LogP contribution in [0.15, 0.2) is 48.8 Å². The van der Waals surface area contributed by atoms with E-state index in [1.807, 2.05) is 30.6 Å². The molecule has 1 aromatic heterocycles. The number of halogens is 1. The fourth-order valence-corrected chi connectivity index (χ4v) is 3.90. The lowest BCUT2D eigenvalue weighted by Gasteiger charge is -2.29. The summed E-state index contributed by atoms with van der Waals surface area (Å²) >= 11 is 0. The summed E-state index contributed by atoms with van der Waals surface area (Å²) in [6.45, 7) is 1.81. The van der Waals surface area contributed by atoms with Gasteiger partial charge in [-0.05, 0) is 56.0 Å². The lowest BCUT2D eigenvalue weighted by atomic mass is 9.97. The standard InChI is InChI=1S/C21H24FN3O/c22-16-6-1-5-15(13-16)17-7-2-8-19-21(17)25(14-24-19)12-4-9-18-20(26)10-3-11-23-18/h1-2,5-8,13-14,18,20,23,26H,3-4,9-12H2. The number of imidazole rings is 1. The predicted octanol–water partition coefficient (Wildman–Crippen LogP) is 3.74. The molecule has 4 nitrogen and oxygen atoms in total. The van der Waals surface area contributed by atoms with E-state index in [-0.39, 0.29) is 18.0 Å². The minimum Gasteiger partial charge on any atom is -0.392 e. The number of benzene rings is 2. The molecule has 136 valence electrons. The van der Waals surface area contributed by atoms with Gasteiger partial charge in [0, 0.05) is 18.2 Å². The van der Waals surface area contributed by atoms with Crippen molar-refractivity contribution >= 4 is 11.0 Å². The van der Waals surface area contributed by atoms with E-state index in [0.717, 1.165) is 60.9 Å². The Morgan fingerprint density at radius 1 is 1.23 bits per heavy atom. The van der Waals surface area contributed by atoms with Crippen LogP contribution < -0.4 is 5.32 Å². The molecule has 5 heteroatoms. The molecule has 2 unspecified atom stereocenters. The molecule has 2 atom stereocenters. The highest BCUT2D eigenvalue weighted by Crippen LogP contribution is 2.29. The number of aliphatic hydroxyl groups excluding tert-OH is 1. The van der Waals surface area contributed by atoms with Gasteiger partial charge in [0.05, 0.1) is 23.5 Å². The van der Waals surface area contributed by atoms with E-state index in [1.165, 1.54) is 6.07 Å². The van der Waals surface area contributed by atoms with Crippen LogP contribution in [-0.4, -0.2) is 33.3 Å². The molecule has 0 spiro atoms. The van der Waals surface area contributed by atoms with Crippen LogP contribution in [0, 0.1) is 5.82 Å². The van der Waals surface area contributed by atoms with Crippen LogP contribution in [-0.2, 0) is 6.54 Å². The van der Waals surface area contributed by atoms with Crippen molar-refractivity contribution in [2.75, 3.05) is 6.54 Å². The van der Waals surface area contributed by atoms with E-state index in [4.69, 9.17) is 0 Å². The summed E-state index contributed by atoms with van der Waals surface area (Å²) in [5.74, 6) is -0.233. The molecule has 3 aromatic rings. The maximum atomic E-state index is 13.7. The maximum Gasteiger partial charge on any atom is 0.123 e. The molecule has 1 aliphatic heterocycles. The molecule has 2 heterocycles. The number of aryl methyl sites for hydroxylation is 1. The average molecular weight is 353 g/mol. The van der Waals surface area contributed by atoms with Crippen LogP contribution in [0.3, 0.4) is 0 Å². The van der Waals surface area contributed by atoms with Crippen molar-refractivity contribution in [1.82, 2.24) is 14.9 Å². The predicted molar refractivity (Wildman–Crippen MR) is 101 cm³/mol. The number of hydrogen-bond donors (Lipinski definition) is 2. The van der Waals surface area contributed by atoms with Gasteiger partial charge in [-0.1, -0.05) is 24.3 Å². The molecular weight excluding hydrogens is 329 g/mol. The highest BCUT2D eigenvalue weighted by Gasteiger charge is 2.21. The van der Waals surface area contributed by atoms with Gasteiger partial charge in [-0.3, -0.25) is 0 Å². The number of hydrogen-bond acceptors (Lipinski definition) is 3.